The highest BCUT2D eigenvalue weighted by Gasteiger charge is 2.28. The summed E-state index contributed by atoms with van der Waals surface area (Å²) < 4.78 is 13.8. The molecule has 3 rings (SSSR count). The zero-order chi connectivity index (χ0) is 17.1. The maximum atomic E-state index is 13.8. The zero-order valence-electron chi connectivity index (χ0n) is 14.2. The molecule has 0 spiro atoms. The van der Waals surface area contributed by atoms with Gasteiger partial charge in [0.1, 0.15) is 5.69 Å². The van der Waals surface area contributed by atoms with Crippen molar-refractivity contribution in [3.05, 3.63) is 34.1 Å². The van der Waals surface area contributed by atoms with Crippen molar-refractivity contribution in [2.24, 2.45) is 0 Å². The minimum atomic E-state index is -0.760. The topological polar surface area (TPSA) is 52.9 Å². The quantitative estimate of drug-likeness (QED) is 0.624. The first kappa shape index (κ1) is 17.1. The van der Waals surface area contributed by atoms with Crippen molar-refractivity contribution >= 4 is 11.4 Å². The van der Waals surface area contributed by atoms with Crippen LogP contribution in [0.1, 0.15) is 19.3 Å². The zero-order valence-corrected chi connectivity index (χ0v) is 14.2. The van der Waals surface area contributed by atoms with Gasteiger partial charge in [0.25, 0.3) is 0 Å². The lowest BCUT2D eigenvalue weighted by molar-refractivity contribution is -0.386. The number of para-hydroxylation sites is 1. The summed E-state index contributed by atoms with van der Waals surface area (Å²) >= 11 is 0. The highest BCUT2D eigenvalue weighted by molar-refractivity contribution is 5.64. The molecule has 1 unspecified atom stereocenters. The smallest absolute Gasteiger partial charge is 0.327 e. The molecule has 1 aromatic rings. The van der Waals surface area contributed by atoms with Crippen molar-refractivity contribution in [3.63, 3.8) is 0 Å². The number of halogens is 1. The monoisotopic (exact) mass is 336 g/mol. The van der Waals surface area contributed by atoms with E-state index >= 15 is 0 Å². The van der Waals surface area contributed by atoms with E-state index in [0.717, 1.165) is 25.7 Å². The number of hydrogen-bond acceptors (Lipinski definition) is 5. The van der Waals surface area contributed by atoms with Gasteiger partial charge < -0.3 is 9.80 Å². The minimum Gasteiger partial charge on any atom is -0.363 e. The summed E-state index contributed by atoms with van der Waals surface area (Å²) in [6.07, 6.45) is 3.82. The molecule has 2 aliphatic rings. The predicted molar refractivity (Wildman–Crippen MR) is 92.0 cm³/mol. The fraction of sp³-hybridized carbons (Fsp3) is 0.647. The van der Waals surface area contributed by atoms with Crippen LogP contribution in [0.15, 0.2) is 18.2 Å². The number of likely N-dealkylation sites (tertiary alicyclic amines) is 1. The largest absolute Gasteiger partial charge is 0.363 e. The second-order valence-corrected chi connectivity index (χ2v) is 6.78. The van der Waals surface area contributed by atoms with Gasteiger partial charge in [-0.3, -0.25) is 15.0 Å². The summed E-state index contributed by atoms with van der Waals surface area (Å²) in [6.45, 7) is 5.33. The van der Waals surface area contributed by atoms with Crippen LogP contribution in [-0.2, 0) is 0 Å². The number of rotatable bonds is 4. The highest BCUT2D eigenvalue weighted by atomic mass is 19.1. The van der Waals surface area contributed by atoms with Crippen LogP contribution in [0.4, 0.5) is 15.8 Å². The first-order valence-corrected chi connectivity index (χ1v) is 8.66. The molecule has 1 aromatic carbocycles. The average molecular weight is 336 g/mol. The number of nitro benzene ring substituents is 1. The molecule has 0 bridgehead atoms. The first-order chi connectivity index (χ1) is 11.6. The van der Waals surface area contributed by atoms with Gasteiger partial charge in [-0.1, -0.05) is 12.5 Å². The maximum absolute atomic E-state index is 13.8. The van der Waals surface area contributed by atoms with E-state index in [4.69, 9.17) is 0 Å². The molecule has 24 heavy (non-hydrogen) atoms. The van der Waals surface area contributed by atoms with E-state index in [1.54, 1.807) is 12.1 Å². The van der Waals surface area contributed by atoms with Gasteiger partial charge in [-0.05, 0) is 38.6 Å². The predicted octanol–water partition coefficient (Wildman–Crippen LogP) is 2.34. The van der Waals surface area contributed by atoms with Crippen molar-refractivity contribution < 1.29 is 9.31 Å². The number of likely N-dealkylation sites (N-methyl/N-ethyl adjacent to an activating group) is 1. The molecule has 132 valence electrons. The van der Waals surface area contributed by atoms with Crippen LogP contribution in [0, 0.1) is 15.9 Å². The van der Waals surface area contributed by atoms with Gasteiger partial charge in [-0.15, -0.1) is 0 Å². The summed E-state index contributed by atoms with van der Waals surface area (Å²) in [4.78, 5) is 17.3. The normalized spacial score (nSPS) is 23.4. The molecule has 0 aromatic heterocycles. The van der Waals surface area contributed by atoms with Crippen LogP contribution in [0.2, 0.25) is 0 Å². The molecular formula is C17H25FN4O2. The average Bonchev–Trinajstić information content (AvgIpc) is 2.57. The number of nitro groups is 1. The SMILES string of the molecule is CN1CCCCC1CN1CCN(c2cccc(F)c2[N+](=O)[O-])CC1. The summed E-state index contributed by atoms with van der Waals surface area (Å²) in [5.41, 5.74) is -0.00704. The molecule has 0 aliphatic carbocycles. The van der Waals surface area contributed by atoms with Crippen molar-refractivity contribution in [2.45, 2.75) is 25.3 Å². The van der Waals surface area contributed by atoms with E-state index in [-0.39, 0.29) is 0 Å². The Morgan fingerprint density at radius 1 is 1.21 bits per heavy atom. The molecule has 2 fully saturated rings. The molecule has 6 nitrogen and oxygen atoms in total. The minimum absolute atomic E-state index is 0.398. The molecule has 0 radical (unpaired) electrons. The maximum Gasteiger partial charge on any atom is 0.327 e. The number of hydrogen-bond donors (Lipinski definition) is 0. The van der Waals surface area contributed by atoms with Crippen molar-refractivity contribution in [2.75, 3.05) is 51.2 Å². The van der Waals surface area contributed by atoms with Crippen LogP contribution >= 0.6 is 0 Å². The fourth-order valence-electron chi connectivity index (χ4n) is 3.78. The number of nitrogens with zero attached hydrogens (tertiary/aromatic N) is 4. The lowest BCUT2D eigenvalue weighted by Gasteiger charge is -2.40. The fourth-order valence-corrected chi connectivity index (χ4v) is 3.78. The molecule has 2 heterocycles. The Morgan fingerprint density at radius 3 is 2.62 bits per heavy atom. The Balaban J connectivity index is 1.61. The third-order valence-corrected chi connectivity index (χ3v) is 5.25. The summed E-state index contributed by atoms with van der Waals surface area (Å²) in [5.74, 6) is -0.760. The van der Waals surface area contributed by atoms with Gasteiger partial charge in [0.05, 0.1) is 4.92 Å². The summed E-state index contributed by atoms with van der Waals surface area (Å²) in [5, 5.41) is 11.2. The van der Waals surface area contributed by atoms with Crippen LogP contribution in [0.5, 0.6) is 0 Å². The second-order valence-electron chi connectivity index (χ2n) is 6.78. The summed E-state index contributed by atoms with van der Waals surface area (Å²) in [6, 6.07) is 4.94. The number of benzene rings is 1. The Hall–Kier alpha value is -1.73. The van der Waals surface area contributed by atoms with Crippen molar-refractivity contribution in [1.82, 2.24) is 9.80 Å². The van der Waals surface area contributed by atoms with Crippen LogP contribution in [0.3, 0.4) is 0 Å². The van der Waals surface area contributed by atoms with Gasteiger partial charge in [-0.2, -0.15) is 4.39 Å². The number of piperazine rings is 1. The molecule has 2 aliphatic heterocycles. The lowest BCUT2D eigenvalue weighted by atomic mass is 10.0. The molecular weight excluding hydrogens is 311 g/mol. The number of piperidine rings is 1. The first-order valence-electron chi connectivity index (χ1n) is 8.66. The molecule has 0 amide bonds. The van der Waals surface area contributed by atoms with E-state index in [9.17, 15) is 14.5 Å². The van der Waals surface area contributed by atoms with Crippen LogP contribution in [0.25, 0.3) is 0 Å². The summed E-state index contributed by atoms with van der Waals surface area (Å²) in [7, 11) is 2.19. The lowest BCUT2D eigenvalue weighted by Crippen LogP contribution is -2.52. The molecule has 0 N–H and O–H groups in total. The van der Waals surface area contributed by atoms with Crippen LogP contribution < -0.4 is 4.90 Å². The van der Waals surface area contributed by atoms with Crippen molar-refractivity contribution in [1.29, 1.82) is 0 Å². The van der Waals surface area contributed by atoms with Crippen LogP contribution in [-0.4, -0.2) is 67.1 Å². The van der Waals surface area contributed by atoms with Gasteiger partial charge >= 0.3 is 5.69 Å². The number of anilines is 1. The third kappa shape index (κ3) is 3.67. The molecule has 1 atom stereocenters. The Morgan fingerprint density at radius 2 is 1.96 bits per heavy atom. The van der Waals surface area contributed by atoms with E-state index in [1.807, 2.05) is 4.90 Å². The molecule has 2 saturated heterocycles. The highest BCUT2D eigenvalue weighted by Crippen LogP contribution is 2.31. The third-order valence-electron chi connectivity index (χ3n) is 5.25. The second kappa shape index (κ2) is 7.44. The van der Waals surface area contributed by atoms with Gasteiger partial charge in [0.2, 0.25) is 5.82 Å². The Kier molecular flexibility index (Phi) is 5.30. The van der Waals surface area contributed by atoms with E-state index < -0.39 is 16.4 Å². The molecule has 7 heteroatoms. The van der Waals surface area contributed by atoms with Gasteiger partial charge in [0, 0.05) is 38.8 Å². The van der Waals surface area contributed by atoms with E-state index in [0.29, 0.717) is 24.8 Å². The van der Waals surface area contributed by atoms with Gasteiger partial charge in [-0.25, -0.2) is 0 Å². The van der Waals surface area contributed by atoms with E-state index in [2.05, 4.69) is 16.8 Å². The Labute approximate surface area is 142 Å². The van der Waals surface area contributed by atoms with Crippen molar-refractivity contribution in [3.8, 4) is 0 Å². The standard InChI is InChI=1S/C17H25FN4O2/c1-19-8-3-2-5-14(19)13-20-9-11-21(12-10-20)16-7-4-6-15(18)17(16)22(23)24/h4,6-7,14H,2-3,5,8-13H2,1H3. The molecule has 0 saturated carbocycles. The van der Waals surface area contributed by atoms with E-state index in [1.165, 1.54) is 25.8 Å². The van der Waals surface area contributed by atoms with Gasteiger partial charge in [0.15, 0.2) is 0 Å². The Bertz CT molecular complexity index is 590.